The number of carbonyl (C=O) groups excluding carboxylic acids is 2. The number of nitro benzene ring substituents is 2. The molecule has 36 heavy (non-hydrogen) atoms. The summed E-state index contributed by atoms with van der Waals surface area (Å²) in [6.45, 7) is 3.31. The van der Waals surface area contributed by atoms with E-state index in [1.807, 2.05) is 4.90 Å². The van der Waals surface area contributed by atoms with Crippen molar-refractivity contribution in [3.8, 4) is 0 Å². The number of ketones is 2. The molecule has 2 aromatic carbocycles. The number of rotatable bonds is 6. The van der Waals surface area contributed by atoms with Crippen molar-refractivity contribution in [1.29, 1.82) is 0 Å². The van der Waals surface area contributed by atoms with Gasteiger partial charge in [0.1, 0.15) is 17.1 Å². The van der Waals surface area contributed by atoms with E-state index in [9.17, 15) is 29.8 Å². The number of carbonyl (C=O) groups is 2. The highest BCUT2D eigenvalue weighted by atomic mass is 16.6. The normalized spacial score (nSPS) is 18.9. The van der Waals surface area contributed by atoms with Gasteiger partial charge in [0.25, 0.3) is 11.4 Å². The summed E-state index contributed by atoms with van der Waals surface area (Å²) in [4.78, 5) is 52.9. The zero-order chi connectivity index (χ0) is 25.4. The lowest BCUT2D eigenvalue weighted by atomic mass is 9.88. The second-order valence-electron chi connectivity index (χ2n) is 9.23. The quantitative estimate of drug-likeness (QED) is 0.472. The van der Waals surface area contributed by atoms with Crippen LogP contribution in [0.5, 0.6) is 0 Å². The first-order valence-electron chi connectivity index (χ1n) is 12.0. The van der Waals surface area contributed by atoms with Crippen molar-refractivity contribution < 1.29 is 19.4 Å². The summed E-state index contributed by atoms with van der Waals surface area (Å²) < 4.78 is 0. The first-order chi connectivity index (χ1) is 17.3. The van der Waals surface area contributed by atoms with Crippen molar-refractivity contribution in [2.45, 2.75) is 31.7 Å². The maximum absolute atomic E-state index is 13.6. The topological polar surface area (TPSA) is 139 Å². The molecule has 0 amide bonds. The van der Waals surface area contributed by atoms with Gasteiger partial charge in [-0.25, -0.2) is 0 Å². The minimum absolute atomic E-state index is 0.0460. The van der Waals surface area contributed by atoms with Gasteiger partial charge in [-0.2, -0.15) is 0 Å². The second-order valence-corrected chi connectivity index (χ2v) is 9.23. The fraction of sp³-hybridized carbons (Fsp3) is 0.360. The van der Waals surface area contributed by atoms with Crippen LogP contribution in [-0.4, -0.2) is 63.4 Å². The molecule has 0 bridgehead atoms. The van der Waals surface area contributed by atoms with Crippen LogP contribution in [-0.2, 0) is 0 Å². The molecule has 1 N–H and O–H groups in total. The number of hydrogen-bond donors (Lipinski definition) is 1. The Kier molecular flexibility index (Phi) is 6.23. The molecule has 2 saturated heterocycles. The second kappa shape index (κ2) is 9.50. The van der Waals surface area contributed by atoms with Crippen molar-refractivity contribution in [1.82, 2.24) is 9.80 Å². The van der Waals surface area contributed by atoms with E-state index in [0.29, 0.717) is 24.7 Å². The Hall–Kier alpha value is -4.12. The fourth-order valence-corrected chi connectivity index (χ4v) is 5.37. The van der Waals surface area contributed by atoms with Crippen LogP contribution in [0, 0.1) is 20.2 Å². The lowest BCUT2D eigenvalue weighted by molar-refractivity contribution is -0.393. The van der Waals surface area contributed by atoms with Gasteiger partial charge in [-0.1, -0.05) is 24.3 Å². The van der Waals surface area contributed by atoms with Crippen molar-refractivity contribution in [3.63, 3.8) is 0 Å². The van der Waals surface area contributed by atoms with Crippen molar-refractivity contribution >= 4 is 28.6 Å². The number of hydrogen-bond acceptors (Lipinski definition) is 9. The number of fused-ring (bicyclic) bond motifs is 1. The van der Waals surface area contributed by atoms with Crippen LogP contribution in [0.25, 0.3) is 0 Å². The minimum atomic E-state index is -0.750. The van der Waals surface area contributed by atoms with Crippen LogP contribution < -0.4 is 5.32 Å². The van der Waals surface area contributed by atoms with E-state index in [0.717, 1.165) is 38.1 Å². The number of nitro groups is 2. The van der Waals surface area contributed by atoms with E-state index in [1.165, 1.54) is 18.9 Å². The van der Waals surface area contributed by atoms with Crippen molar-refractivity contribution in [3.05, 3.63) is 85.2 Å². The molecule has 3 aliphatic rings. The molecule has 0 aromatic heterocycles. The number of nitrogens with one attached hydrogen (secondary N) is 1. The Morgan fingerprint density at radius 3 is 2.08 bits per heavy atom. The Balaban J connectivity index is 1.53. The van der Waals surface area contributed by atoms with Gasteiger partial charge in [-0.05, 0) is 44.8 Å². The molecule has 2 aromatic rings. The van der Waals surface area contributed by atoms with Crippen LogP contribution in [0.2, 0.25) is 0 Å². The molecular weight excluding hydrogens is 466 g/mol. The predicted octanol–water partition coefficient (Wildman–Crippen LogP) is 3.77. The molecule has 1 aliphatic carbocycles. The molecule has 11 heteroatoms. The molecular formula is C25H25N5O6. The number of piperidine rings is 1. The largest absolute Gasteiger partial charge is 0.366 e. The molecule has 5 rings (SSSR count). The summed E-state index contributed by atoms with van der Waals surface area (Å²) in [5, 5.41) is 25.6. The summed E-state index contributed by atoms with van der Waals surface area (Å²) in [6.07, 6.45) is 4.07. The van der Waals surface area contributed by atoms with Crippen molar-refractivity contribution in [2.24, 2.45) is 0 Å². The molecule has 186 valence electrons. The van der Waals surface area contributed by atoms with E-state index < -0.39 is 27.0 Å². The maximum atomic E-state index is 13.6. The number of benzene rings is 2. The molecule has 2 fully saturated rings. The van der Waals surface area contributed by atoms with E-state index in [4.69, 9.17) is 0 Å². The highest BCUT2D eigenvalue weighted by Crippen LogP contribution is 2.35. The lowest BCUT2D eigenvalue weighted by Crippen LogP contribution is -2.46. The third-order valence-corrected chi connectivity index (χ3v) is 7.18. The number of anilines is 1. The van der Waals surface area contributed by atoms with Gasteiger partial charge in [0, 0.05) is 36.3 Å². The molecule has 2 aliphatic heterocycles. The maximum Gasteiger partial charge on any atom is 0.299 e. The van der Waals surface area contributed by atoms with Gasteiger partial charge >= 0.3 is 0 Å². The zero-order valence-electron chi connectivity index (χ0n) is 19.5. The standard InChI is InChI=1S/C25H25N5O6/c31-24-18-5-1-2-6-19(18)25(32)23(28-13-9-16(10-14-28)27-11-3-4-12-27)22(24)26-20-8-7-17(29(33)34)15-21(20)30(35)36/h1-2,5-8,15-16,26H,3-4,9-14H2. The van der Waals surface area contributed by atoms with E-state index in [-0.39, 0.29) is 28.4 Å². The van der Waals surface area contributed by atoms with Gasteiger partial charge in [-0.3, -0.25) is 29.8 Å². The average molecular weight is 492 g/mol. The van der Waals surface area contributed by atoms with Gasteiger partial charge in [0.15, 0.2) is 0 Å². The van der Waals surface area contributed by atoms with Crippen LogP contribution in [0.3, 0.4) is 0 Å². The monoisotopic (exact) mass is 491 g/mol. The van der Waals surface area contributed by atoms with E-state index >= 15 is 0 Å². The van der Waals surface area contributed by atoms with Gasteiger partial charge < -0.3 is 15.1 Å². The van der Waals surface area contributed by atoms with Crippen LogP contribution >= 0.6 is 0 Å². The van der Waals surface area contributed by atoms with Crippen LogP contribution in [0.1, 0.15) is 46.4 Å². The van der Waals surface area contributed by atoms with Gasteiger partial charge in [-0.15, -0.1) is 0 Å². The number of Topliss-reactive ketones (excluding diaryl/α,β-unsaturated/α-hetero) is 2. The number of nitrogens with zero attached hydrogens (tertiary/aromatic N) is 4. The molecule has 2 heterocycles. The summed E-state index contributed by atoms with van der Waals surface area (Å²) >= 11 is 0. The third-order valence-electron chi connectivity index (χ3n) is 7.18. The fourth-order valence-electron chi connectivity index (χ4n) is 5.37. The number of likely N-dealkylation sites (tertiary alicyclic amines) is 2. The zero-order valence-corrected chi connectivity index (χ0v) is 19.5. The van der Waals surface area contributed by atoms with Crippen LogP contribution in [0.4, 0.5) is 17.1 Å². The molecule has 0 radical (unpaired) electrons. The Morgan fingerprint density at radius 1 is 0.833 bits per heavy atom. The van der Waals surface area contributed by atoms with Gasteiger partial charge in [0.2, 0.25) is 11.6 Å². The number of allylic oxidation sites excluding steroid dienone is 2. The summed E-state index contributed by atoms with van der Waals surface area (Å²) in [6, 6.07) is 10.1. The molecule has 0 spiro atoms. The molecule has 11 nitrogen and oxygen atoms in total. The Morgan fingerprint density at radius 2 is 1.47 bits per heavy atom. The number of non-ortho nitro benzene ring substituents is 1. The van der Waals surface area contributed by atoms with Gasteiger partial charge in [0.05, 0.1) is 15.9 Å². The Bertz CT molecular complexity index is 1290. The van der Waals surface area contributed by atoms with Crippen LogP contribution in [0.15, 0.2) is 53.9 Å². The molecule has 0 unspecified atom stereocenters. The molecule has 0 atom stereocenters. The first kappa shape index (κ1) is 23.6. The summed E-state index contributed by atoms with van der Waals surface area (Å²) in [5.74, 6) is -0.772. The third kappa shape index (κ3) is 4.22. The van der Waals surface area contributed by atoms with Crippen molar-refractivity contribution in [2.75, 3.05) is 31.5 Å². The first-order valence-corrected chi connectivity index (χ1v) is 12.0. The lowest BCUT2D eigenvalue weighted by Gasteiger charge is -2.39. The predicted molar refractivity (Wildman–Crippen MR) is 131 cm³/mol. The average Bonchev–Trinajstić information content (AvgIpc) is 3.42. The highest BCUT2D eigenvalue weighted by Gasteiger charge is 2.38. The Labute approximate surface area is 206 Å². The van der Waals surface area contributed by atoms with E-state index in [1.54, 1.807) is 24.3 Å². The van der Waals surface area contributed by atoms with E-state index in [2.05, 4.69) is 10.2 Å². The summed E-state index contributed by atoms with van der Waals surface area (Å²) in [7, 11) is 0. The SMILES string of the molecule is O=C1C(Nc2ccc([N+](=O)[O-])cc2[N+](=O)[O-])=C(N2CCC(N3CCCC3)CC2)C(=O)c2ccccc21. The molecule has 0 saturated carbocycles. The summed E-state index contributed by atoms with van der Waals surface area (Å²) in [5.41, 5.74) is -0.440. The smallest absolute Gasteiger partial charge is 0.299 e. The highest BCUT2D eigenvalue weighted by molar-refractivity contribution is 6.27. The minimum Gasteiger partial charge on any atom is -0.366 e.